The predicted molar refractivity (Wildman–Crippen MR) is 103 cm³/mol. The van der Waals surface area contributed by atoms with Crippen LogP contribution in [0.5, 0.6) is 0 Å². The molecule has 11 heteroatoms. The zero-order chi connectivity index (χ0) is 21.9. The third kappa shape index (κ3) is 4.44. The second kappa shape index (κ2) is 8.04. The molecule has 0 aliphatic heterocycles. The topological polar surface area (TPSA) is 108 Å². The predicted octanol–water partition coefficient (Wildman–Crippen LogP) is 4.79. The van der Waals surface area contributed by atoms with E-state index in [2.05, 4.69) is 15.3 Å². The summed E-state index contributed by atoms with van der Waals surface area (Å²) < 4.78 is 40.5. The van der Waals surface area contributed by atoms with Crippen molar-refractivity contribution < 1.29 is 18.1 Å². The van der Waals surface area contributed by atoms with Crippen molar-refractivity contribution in [1.82, 2.24) is 9.97 Å². The van der Waals surface area contributed by atoms with Gasteiger partial charge in [0.1, 0.15) is 5.56 Å². The van der Waals surface area contributed by atoms with Crippen molar-refractivity contribution in [3.8, 4) is 6.07 Å². The van der Waals surface area contributed by atoms with Crippen LogP contribution in [0, 0.1) is 21.4 Å². The van der Waals surface area contributed by atoms with Gasteiger partial charge in [0.2, 0.25) is 5.95 Å². The summed E-state index contributed by atoms with van der Waals surface area (Å²) in [6.45, 7) is 0. The molecule has 1 aromatic heterocycles. The summed E-state index contributed by atoms with van der Waals surface area (Å²) in [5.74, 6) is -0.515. The highest BCUT2D eigenvalue weighted by Crippen LogP contribution is 2.38. The standard InChI is InChI=1S/C19H13F3N6O2/c1-27(14-6-8-15(9-7-14)28(29)30)17-16(19(20,21)22)11-24-18(26-17)25-13-4-2-12(10-23)3-5-13/h2-9,11H,1H3,(H,24,25,26). The van der Waals surface area contributed by atoms with Crippen LogP contribution in [0.2, 0.25) is 0 Å². The van der Waals surface area contributed by atoms with Crippen LogP contribution < -0.4 is 10.2 Å². The molecule has 8 nitrogen and oxygen atoms in total. The molecule has 0 fully saturated rings. The van der Waals surface area contributed by atoms with E-state index in [0.717, 1.165) is 4.90 Å². The minimum absolute atomic E-state index is 0.0866. The molecule has 0 saturated heterocycles. The summed E-state index contributed by atoms with van der Waals surface area (Å²) in [6.07, 6.45) is -4.05. The number of non-ortho nitro benzene ring substituents is 1. The molecule has 0 radical (unpaired) electrons. The van der Waals surface area contributed by atoms with Crippen LogP contribution in [0.25, 0.3) is 0 Å². The lowest BCUT2D eigenvalue weighted by atomic mass is 10.2. The van der Waals surface area contributed by atoms with E-state index in [4.69, 9.17) is 5.26 Å². The minimum atomic E-state index is -4.71. The third-order valence-corrected chi connectivity index (χ3v) is 4.11. The summed E-state index contributed by atoms with van der Waals surface area (Å²) in [4.78, 5) is 19.1. The molecule has 1 N–H and O–H groups in total. The van der Waals surface area contributed by atoms with Crippen LogP contribution >= 0.6 is 0 Å². The molecule has 3 aromatic rings. The van der Waals surface area contributed by atoms with Gasteiger partial charge in [-0.2, -0.15) is 23.4 Å². The van der Waals surface area contributed by atoms with Crippen LogP contribution in [0.1, 0.15) is 11.1 Å². The van der Waals surface area contributed by atoms with Gasteiger partial charge >= 0.3 is 6.18 Å². The molecule has 0 atom stereocenters. The van der Waals surface area contributed by atoms with E-state index < -0.39 is 22.5 Å². The first kappa shape index (κ1) is 20.5. The fourth-order valence-electron chi connectivity index (χ4n) is 2.57. The van der Waals surface area contributed by atoms with Gasteiger partial charge in [-0.1, -0.05) is 0 Å². The van der Waals surface area contributed by atoms with Crippen LogP contribution in [0.15, 0.2) is 54.7 Å². The molecule has 0 unspecified atom stereocenters. The third-order valence-electron chi connectivity index (χ3n) is 4.11. The maximum Gasteiger partial charge on any atom is 0.421 e. The lowest BCUT2D eigenvalue weighted by Crippen LogP contribution is -2.19. The molecule has 0 aliphatic rings. The number of nitrogens with one attached hydrogen (secondary N) is 1. The number of hydrogen-bond acceptors (Lipinski definition) is 7. The quantitative estimate of drug-likeness (QED) is 0.472. The van der Waals surface area contributed by atoms with E-state index in [9.17, 15) is 23.3 Å². The van der Waals surface area contributed by atoms with Crippen LogP contribution in [0.3, 0.4) is 0 Å². The summed E-state index contributed by atoms with van der Waals surface area (Å²) in [5.41, 5.74) is -0.0675. The molecule has 0 saturated carbocycles. The van der Waals surface area contributed by atoms with Gasteiger partial charge in [-0.05, 0) is 36.4 Å². The number of alkyl halides is 3. The Morgan fingerprint density at radius 3 is 2.30 bits per heavy atom. The Kier molecular flexibility index (Phi) is 5.50. The fourth-order valence-corrected chi connectivity index (χ4v) is 2.57. The highest BCUT2D eigenvalue weighted by atomic mass is 19.4. The maximum atomic E-state index is 13.5. The largest absolute Gasteiger partial charge is 0.421 e. The van der Waals surface area contributed by atoms with Crippen molar-refractivity contribution >= 4 is 28.8 Å². The van der Waals surface area contributed by atoms with Crippen molar-refractivity contribution in [2.24, 2.45) is 0 Å². The van der Waals surface area contributed by atoms with Crippen LogP contribution in [0.4, 0.5) is 42.0 Å². The number of hydrogen-bond donors (Lipinski definition) is 1. The smallest absolute Gasteiger partial charge is 0.329 e. The number of halogens is 3. The van der Waals surface area contributed by atoms with E-state index in [-0.39, 0.29) is 17.3 Å². The lowest BCUT2D eigenvalue weighted by molar-refractivity contribution is -0.384. The average Bonchev–Trinajstić information content (AvgIpc) is 2.73. The van der Waals surface area contributed by atoms with Gasteiger partial charge in [-0.25, -0.2) is 4.98 Å². The first-order chi connectivity index (χ1) is 14.2. The molecule has 152 valence electrons. The molecule has 2 aromatic carbocycles. The fraction of sp³-hybridized carbons (Fsp3) is 0.105. The first-order valence-electron chi connectivity index (χ1n) is 8.38. The van der Waals surface area contributed by atoms with Crippen molar-refractivity contribution in [1.29, 1.82) is 5.26 Å². The zero-order valence-corrected chi connectivity index (χ0v) is 15.4. The normalized spacial score (nSPS) is 10.9. The van der Waals surface area contributed by atoms with Crippen molar-refractivity contribution in [3.05, 3.63) is 76.0 Å². The number of nitrogens with zero attached hydrogens (tertiary/aromatic N) is 5. The van der Waals surface area contributed by atoms with Gasteiger partial charge < -0.3 is 10.2 Å². The highest BCUT2D eigenvalue weighted by molar-refractivity contribution is 5.66. The molecule has 0 bridgehead atoms. The summed E-state index contributed by atoms with van der Waals surface area (Å²) in [5, 5.41) is 22.4. The van der Waals surface area contributed by atoms with Gasteiger partial charge in [0, 0.05) is 36.8 Å². The summed E-state index contributed by atoms with van der Waals surface area (Å²) in [6, 6.07) is 13.2. The SMILES string of the molecule is CN(c1ccc([N+](=O)[O-])cc1)c1nc(Nc2ccc(C#N)cc2)ncc1C(F)(F)F. The molecule has 30 heavy (non-hydrogen) atoms. The number of rotatable bonds is 5. The second-order valence-corrected chi connectivity index (χ2v) is 6.08. The van der Waals surface area contributed by atoms with E-state index in [0.29, 0.717) is 17.4 Å². The minimum Gasteiger partial charge on any atom is -0.329 e. The van der Waals surface area contributed by atoms with E-state index in [1.165, 1.54) is 43.4 Å². The maximum absolute atomic E-state index is 13.5. The Balaban J connectivity index is 1.98. The zero-order valence-electron chi connectivity index (χ0n) is 15.4. The Labute approximate surface area is 168 Å². The number of benzene rings is 2. The molecule has 0 aliphatic carbocycles. The van der Waals surface area contributed by atoms with Crippen LogP contribution in [-0.4, -0.2) is 21.9 Å². The number of nitriles is 1. The van der Waals surface area contributed by atoms with Crippen LogP contribution in [-0.2, 0) is 6.18 Å². The Morgan fingerprint density at radius 2 is 1.77 bits per heavy atom. The van der Waals surface area contributed by atoms with Crippen molar-refractivity contribution in [2.75, 3.05) is 17.3 Å². The van der Waals surface area contributed by atoms with Gasteiger partial charge in [-0.3, -0.25) is 10.1 Å². The van der Waals surface area contributed by atoms with Gasteiger partial charge in [-0.15, -0.1) is 0 Å². The molecule has 0 spiro atoms. The van der Waals surface area contributed by atoms with Crippen molar-refractivity contribution in [2.45, 2.75) is 6.18 Å². The van der Waals surface area contributed by atoms with Gasteiger partial charge in [0.25, 0.3) is 5.69 Å². The molecule has 3 rings (SSSR count). The second-order valence-electron chi connectivity index (χ2n) is 6.08. The highest BCUT2D eigenvalue weighted by Gasteiger charge is 2.36. The number of nitro groups is 1. The van der Waals surface area contributed by atoms with Gasteiger partial charge in [0.15, 0.2) is 5.82 Å². The first-order valence-corrected chi connectivity index (χ1v) is 8.38. The lowest BCUT2D eigenvalue weighted by Gasteiger charge is -2.22. The Morgan fingerprint density at radius 1 is 1.13 bits per heavy atom. The molecule has 0 amide bonds. The molecule has 1 heterocycles. The number of nitro benzene ring substituents is 1. The van der Waals surface area contributed by atoms with E-state index in [1.54, 1.807) is 12.1 Å². The van der Waals surface area contributed by atoms with E-state index in [1.807, 2.05) is 6.07 Å². The monoisotopic (exact) mass is 414 g/mol. The number of anilines is 4. The number of aromatic nitrogens is 2. The summed E-state index contributed by atoms with van der Waals surface area (Å²) in [7, 11) is 1.37. The van der Waals surface area contributed by atoms with Crippen molar-refractivity contribution in [3.63, 3.8) is 0 Å². The van der Waals surface area contributed by atoms with Gasteiger partial charge in [0.05, 0.1) is 16.6 Å². The van der Waals surface area contributed by atoms with E-state index >= 15 is 0 Å². The Bertz CT molecular complexity index is 1110. The molecular formula is C19H13F3N6O2. The molecular weight excluding hydrogens is 401 g/mol. The average molecular weight is 414 g/mol. The Hall–Kier alpha value is -4.20. The summed E-state index contributed by atoms with van der Waals surface area (Å²) >= 11 is 0.